The number of aromatic hydroxyl groups is 1. The minimum atomic E-state index is -0.953. The fourth-order valence-corrected chi connectivity index (χ4v) is 6.70. The van der Waals surface area contributed by atoms with Crippen molar-refractivity contribution < 1.29 is 24.9 Å². The Labute approximate surface area is 170 Å². The molecule has 7 heteroatoms. The minimum Gasteiger partial charge on any atom is -0.504 e. The molecule has 1 aromatic carbocycles. The molecule has 2 fully saturated rings. The molecule has 2 aliphatic heterocycles. The Hall–Kier alpha value is -1.83. The van der Waals surface area contributed by atoms with Gasteiger partial charge in [-0.3, -0.25) is 10.1 Å². The number of ether oxygens (including phenoxy) is 1. The second-order valence-corrected chi connectivity index (χ2v) is 9.70. The molecule has 158 valence electrons. The lowest BCUT2D eigenvalue weighted by molar-refractivity contribution is -0.188. The topological polar surface area (TPSA) is 102 Å². The van der Waals surface area contributed by atoms with E-state index in [9.17, 15) is 20.1 Å². The normalized spacial score (nSPS) is 38.4. The zero-order valence-corrected chi connectivity index (χ0v) is 17.2. The molecule has 0 unspecified atom stereocenters. The van der Waals surface area contributed by atoms with Gasteiger partial charge in [0.05, 0.1) is 11.0 Å². The van der Waals surface area contributed by atoms with Crippen molar-refractivity contribution in [1.82, 2.24) is 10.2 Å². The molecule has 1 spiro atoms. The maximum Gasteiger partial charge on any atom is 0.320 e. The first-order chi connectivity index (χ1) is 13.7. The zero-order chi connectivity index (χ0) is 20.7. The second kappa shape index (κ2) is 6.09. The van der Waals surface area contributed by atoms with E-state index in [0.29, 0.717) is 18.6 Å². The number of benzene rings is 1. The molecule has 4 aliphatic rings. The van der Waals surface area contributed by atoms with Crippen LogP contribution in [0.2, 0.25) is 0 Å². The van der Waals surface area contributed by atoms with E-state index in [1.807, 2.05) is 19.9 Å². The van der Waals surface area contributed by atoms with Crippen molar-refractivity contribution in [2.24, 2.45) is 5.92 Å². The highest BCUT2D eigenvalue weighted by molar-refractivity contribution is 5.74. The van der Waals surface area contributed by atoms with Crippen molar-refractivity contribution in [2.75, 3.05) is 13.6 Å². The van der Waals surface area contributed by atoms with Gasteiger partial charge in [-0.15, -0.1) is 0 Å². The molecular formula is C22H30N2O5. The quantitative estimate of drug-likeness (QED) is 0.601. The van der Waals surface area contributed by atoms with Crippen LogP contribution >= 0.6 is 0 Å². The van der Waals surface area contributed by atoms with Gasteiger partial charge in [0, 0.05) is 17.6 Å². The average molecular weight is 402 g/mol. The highest BCUT2D eigenvalue weighted by atomic mass is 16.5. The summed E-state index contributed by atoms with van der Waals surface area (Å²) >= 11 is 0. The standard InChI is InChI=1S/C22H30N2O5/c1-11(2)17(20(26)27)23-13-6-7-22(28)15-10-12-4-5-14(25)18-16(12)21(22,19(13)29-18)8-9-24(15)3/h4-5,11,13,15,17,19,23,25,28H,6-10H2,1-3H3,(H,26,27)/t13-,15-,17+,19+,21+,22-/m1/s1. The molecule has 2 heterocycles. The third-order valence-corrected chi connectivity index (χ3v) is 8.06. The average Bonchev–Trinajstić information content (AvgIpc) is 3.01. The highest BCUT2D eigenvalue weighted by Crippen LogP contribution is 2.65. The number of phenolic OH excluding ortho intramolecular Hbond substituents is 1. The zero-order valence-electron chi connectivity index (χ0n) is 17.2. The summed E-state index contributed by atoms with van der Waals surface area (Å²) in [7, 11) is 2.07. The number of nitrogens with one attached hydrogen (secondary N) is 1. The smallest absolute Gasteiger partial charge is 0.320 e. The van der Waals surface area contributed by atoms with Gasteiger partial charge in [-0.05, 0) is 56.8 Å². The number of aliphatic carboxylic acids is 1. The van der Waals surface area contributed by atoms with E-state index in [-0.39, 0.29) is 23.8 Å². The summed E-state index contributed by atoms with van der Waals surface area (Å²) in [6.07, 6.45) is 2.27. The van der Waals surface area contributed by atoms with E-state index in [1.54, 1.807) is 6.07 Å². The lowest BCUT2D eigenvalue weighted by Crippen LogP contribution is -2.78. The summed E-state index contributed by atoms with van der Waals surface area (Å²) in [6.45, 7) is 4.62. The Kier molecular flexibility index (Phi) is 4.02. The lowest BCUT2D eigenvalue weighted by Gasteiger charge is -2.63. The van der Waals surface area contributed by atoms with Crippen molar-refractivity contribution >= 4 is 5.97 Å². The number of rotatable bonds is 4. The number of carboxylic acid groups (broad SMARTS) is 1. The molecule has 1 saturated heterocycles. The van der Waals surface area contributed by atoms with Gasteiger partial charge in [-0.2, -0.15) is 0 Å². The van der Waals surface area contributed by atoms with Gasteiger partial charge in [0.1, 0.15) is 12.1 Å². The molecule has 2 aliphatic carbocycles. The Balaban J connectivity index is 1.64. The van der Waals surface area contributed by atoms with Gasteiger partial charge in [0.2, 0.25) is 0 Å². The van der Waals surface area contributed by atoms with Crippen LogP contribution in [-0.2, 0) is 16.6 Å². The molecular weight excluding hydrogens is 372 g/mol. The number of nitrogens with zero attached hydrogens (tertiary/aromatic N) is 1. The van der Waals surface area contributed by atoms with E-state index in [2.05, 4.69) is 17.3 Å². The van der Waals surface area contributed by atoms with E-state index in [4.69, 9.17) is 4.74 Å². The van der Waals surface area contributed by atoms with Crippen molar-refractivity contribution in [3.63, 3.8) is 0 Å². The van der Waals surface area contributed by atoms with Crippen molar-refractivity contribution in [3.8, 4) is 11.5 Å². The first kappa shape index (κ1) is 19.2. The van der Waals surface area contributed by atoms with Crippen LogP contribution in [0.5, 0.6) is 11.5 Å². The molecule has 0 radical (unpaired) electrons. The van der Waals surface area contributed by atoms with Gasteiger partial charge in [-0.1, -0.05) is 19.9 Å². The van der Waals surface area contributed by atoms with Crippen molar-refractivity contribution in [2.45, 2.75) is 74.8 Å². The molecule has 0 amide bonds. The summed E-state index contributed by atoms with van der Waals surface area (Å²) in [5, 5.41) is 35.7. The summed E-state index contributed by atoms with van der Waals surface area (Å²) < 4.78 is 6.40. The molecule has 6 atom stereocenters. The molecule has 4 N–H and O–H groups in total. The molecule has 7 nitrogen and oxygen atoms in total. The predicted octanol–water partition coefficient (Wildman–Crippen LogP) is 1.24. The van der Waals surface area contributed by atoms with E-state index in [0.717, 1.165) is 30.5 Å². The van der Waals surface area contributed by atoms with Crippen LogP contribution in [-0.4, -0.2) is 69.6 Å². The van der Waals surface area contributed by atoms with Crippen LogP contribution in [0, 0.1) is 5.92 Å². The van der Waals surface area contributed by atoms with E-state index >= 15 is 0 Å². The maximum absolute atomic E-state index is 12.1. The Morgan fingerprint density at radius 2 is 2.10 bits per heavy atom. The van der Waals surface area contributed by atoms with Crippen molar-refractivity contribution in [1.29, 1.82) is 0 Å². The predicted molar refractivity (Wildman–Crippen MR) is 106 cm³/mol. The molecule has 1 saturated carbocycles. The minimum absolute atomic E-state index is 0.00772. The van der Waals surface area contributed by atoms with Gasteiger partial charge in [0.15, 0.2) is 11.5 Å². The van der Waals surface area contributed by atoms with Crippen LogP contribution in [0.3, 0.4) is 0 Å². The molecule has 1 aromatic rings. The maximum atomic E-state index is 12.1. The fourth-order valence-electron chi connectivity index (χ4n) is 6.70. The summed E-state index contributed by atoms with van der Waals surface area (Å²) in [5.41, 5.74) is 0.505. The first-order valence-corrected chi connectivity index (χ1v) is 10.6. The van der Waals surface area contributed by atoms with E-state index < -0.39 is 29.1 Å². The molecule has 0 aromatic heterocycles. The van der Waals surface area contributed by atoms with Gasteiger partial charge in [0.25, 0.3) is 0 Å². The van der Waals surface area contributed by atoms with Crippen LogP contribution in [0.25, 0.3) is 0 Å². The summed E-state index contributed by atoms with van der Waals surface area (Å²) in [6, 6.07) is 2.73. The highest BCUT2D eigenvalue weighted by Gasteiger charge is 2.72. The number of phenols is 1. The number of carboxylic acids is 1. The lowest BCUT2D eigenvalue weighted by atomic mass is 9.48. The summed E-state index contributed by atoms with van der Waals surface area (Å²) in [4.78, 5) is 14.1. The van der Waals surface area contributed by atoms with Gasteiger partial charge in [-0.25, -0.2) is 0 Å². The van der Waals surface area contributed by atoms with Gasteiger partial charge >= 0.3 is 5.97 Å². The summed E-state index contributed by atoms with van der Waals surface area (Å²) in [5.74, 6) is -0.360. The number of hydrogen-bond donors (Lipinski definition) is 4. The number of likely N-dealkylation sites (N-methyl/N-ethyl adjacent to an activating group) is 1. The molecule has 29 heavy (non-hydrogen) atoms. The van der Waals surface area contributed by atoms with Crippen molar-refractivity contribution in [3.05, 3.63) is 23.3 Å². The van der Waals surface area contributed by atoms with Gasteiger partial charge < -0.3 is 25.0 Å². The largest absolute Gasteiger partial charge is 0.504 e. The Morgan fingerprint density at radius 3 is 2.79 bits per heavy atom. The number of aliphatic hydroxyl groups is 1. The Bertz CT molecular complexity index is 873. The fraction of sp³-hybridized carbons (Fsp3) is 0.682. The third-order valence-electron chi connectivity index (χ3n) is 8.06. The number of likely N-dealkylation sites (tertiary alicyclic amines) is 1. The first-order valence-electron chi connectivity index (χ1n) is 10.6. The van der Waals surface area contributed by atoms with Crippen LogP contribution in [0.15, 0.2) is 12.1 Å². The Morgan fingerprint density at radius 1 is 1.34 bits per heavy atom. The SMILES string of the molecule is CC(C)[C@H](N[C@@H]1CC[C@@]2(O)[C@H]3Cc4ccc(O)c5c4[C@@]2(CCN3C)[C@H]1O5)C(=O)O. The molecule has 2 bridgehead atoms. The monoisotopic (exact) mass is 402 g/mol. The van der Waals surface area contributed by atoms with Crippen LogP contribution in [0.1, 0.15) is 44.2 Å². The number of piperidine rings is 1. The third kappa shape index (κ3) is 2.26. The molecule has 5 rings (SSSR count). The van der Waals surface area contributed by atoms with Crippen LogP contribution < -0.4 is 10.1 Å². The number of hydrogen-bond acceptors (Lipinski definition) is 6. The number of carbonyl (C=O) groups is 1. The van der Waals surface area contributed by atoms with E-state index in [1.165, 1.54) is 0 Å². The van der Waals surface area contributed by atoms with Crippen LogP contribution in [0.4, 0.5) is 0 Å². The second-order valence-electron chi connectivity index (χ2n) is 9.70.